The number of fused-ring (bicyclic) bond motifs is 1. The number of rotatable bonds is 2. The predicted octanol–water partition coefficient (Wildman–Crippen LogP) is 2.09. The Morgan fingerprint density at radius 3 is 2.90 bits per heavy atom. The van der Waals surface area contributed by atoms with Gasteiger partial charge in [-0.05, 0) is 36.6 Å². The van der Waals surface area contributed by atoms with Crippen LogP contribution in [0.15, 0.2) is 42.6 Å². The number of nitrogens with zero attached hydrogens (tertiary/aromatic N) is 2. The molecule has 1 unspecified atom stereocenters. The largest absolute Gasteiger partial charge is 0.330 e. The molecule has 1 amide bonds. The average molecular weight is 281 g/mol. The van der Waals surface area contributed by atoms with Crippen LogP contribution in [0.2, 0.25) is 0 Å². The molecule has 4 nitrogen and oxygen atoms in total. The second-order valence-electron chi connectivity index (χ2n) is 5.34. The summed E-state index contributed by atoms with van der Waals surface area (Å²) in [5.74, 6) is 0.0190. The van der Waals surface area contributed by atoms with E-state index in [4.69, 9.17) is 5.73 Å². The fraction of sp³-hybridized carbons (Fsp3) is 0.294. The molecule has 0 fully saturated rings. The van der Waals surface area contributed by atoms with Gasteiger partial charge in [0.05, 0.1) is 11.6 Å². The van der Waals surface area contributed by atoms with Crippen LogP contribution < -0.4 is 5.73 Å². The SMILES string of the molecule is Cc1ncccc1C(=O)N1CCc2ccccc2C1CN. The number of benzene rings is 1. The molecule has 2 aromatic rings. The minimum absolute atomic E-state index is 0.0190. The van der Waals surface area contributed by atoms with E-state index in [-0.39, 0.29) is 11.9 Å². The lowest BCUT2D eigenvalue weighted by Crippen LogP contribution is -2.43. The van der Waals surface area contributed by atoms with E-state index in [1.165, 1.54) is 11.1 Å². The van der Waals surface area contributed by atoms with Gasteiger partial charge in [0.15, 0.2) is 0 Å². The van der Waals surface area contributed by atoms with Crippen LogP contribution in [0.5, 0.6) is 0 Å². The number of carbonyl (C=O) groups excluding carboxylic acids is 1. The monoisotopic (exact) mass is 281 g/mol. The Kier molecular flexibility index (Phi) is 3.71. The summed E-state index contributed by atoms with van der Waals surface area (Å²) in [6.45, 7) is 3.00. The van der Waals surface area contributed by atoms with Crippen molar-refractivity contribution in [1.82, 2.24) is 9.88 Å². The first-order chi connectivity index (χ1) is 10.2. The third-order valence-corrected chi connectivity index (χ3v) is 4.13. The Balaban J connectivity index is 1.96. The molecule has 2 N–H and O–H groups in total. The minimum Gasteiger partial charge on any atom is -0.330 e. The normalized spacial score (nSPS) is 17.4. The van der Waals surface area contributed by atoms with Gasteiger partial charge in [0.2, 0.25) is 0 Å². The molecule has 21 heavy (non-hydrogen) atoms. The zero-order valence-electron chi connectivity index (χ0n) is 12.1. The lowest BCUT2D eigenvalue weighted by Gasteiger charge is -2.37. The van der Waals surface area contributed by atoms with Crippen molar-refractivity contribution in [3.63, 3.8) is 0 Å². The first kappa shape index (κ1) is 13.8. The lowest BCUT2D eigenvalue weighted by atomic mass is 9.92. The topological polar surface area (TPSA) is 59.2 Å². The highest BCUT2D eigenvalue weighted by molar-refractivity contribution is 5.95. The van der Waals surface area contributed by atoms with E-state index in [1.54, 1.807) is 12.3 Å². The number of hydrogen-bond acceptors (Lipinski definition) is 3. The highest BCUT2D eigenvalue weighted by Gasteiger charge is 2.30. The van der Waals surface area contributed by atoms with Gasteiger partial charge in [-0.3, -0.25) is 9.78 Å². The fourth-order valence-electron chi connectivity index (χ4n) is 3.01. The lowest BCUT2D eigenvalue weighted by molar-refractivity contribution is 0.0666. The van der Waals surface area contributed by atoms with Gasteiger partial charge in [-0.1, -0.05) is 24.3 Å². The zero-order chi connectivity index (χ0) is 14.8. The molecule has 0 saturated carbocycles. The standard InChI is InChI=1S/C17H19N3O/c1-12-14(7-4-9-19-12)17(21)20-10-8-13-5-2-3-6-15(13)16(20)11-18/h2-7,9,16H,8,10-11,18H2,1H3. The van der Waals surface area contributed by atoms with Crippen LogP contribution in [-0.2, 0) is 6.42 Å². The van der Waals surface area contributed by atoms with Gasteiger partial charge in [-0.25, -0.2) is 0 Å². The molecule has 1 atom stereocenters. The van der Waals surface area contributed by atoms with Crippen molar-refractivity contribution in [1.29, 1.82) is 0 Å². The maximum atomic E-state index is 12.8. The van der Waals surface area contributed by atoms with Gasteiger partial charge in [-0.2, -0.15) is 0 Å². The maximum absolute atomic E-state index is 12.8. The summed E-state index contributed by atoms with van der Waals surface area (Å²) in [4.78, 5) is 18.9. The van der Waals surface area contributed by atoms with Crippen LogP contribution in [0.25, 0.3) is 0 Å². The van der Waals surface area contributed by atoms with E-state index < -0.39 is 0 Å². The van der Waals surface area contributed by atoms with Gasteiger partial charge in [0, 0.05) is 25.0 Å². The van der Waals surface area contributed by atoms with Crippen molar-refractivity contribution < 1.29 is 4.79 Å². The summed E-state index contributed by atoms with van der Waals surface area (Å²) < 4.78 is 0. The fourth-order valence-corrected chi connectivity index (χ4v) is 3.01. The van der Waals surface area contributed by atoms with Gasteiger partial charge >= 0.3 is 0 Å². The Morgan fingerprint density at radius 1 is 1.33 bits per heavy atom. The molecule has 1 aliphatic rings. The van der Waals surface area contributed by atoms with E-state index in [1.807, 2.05) is 30.0 Å². The van der Waals surface area contributed by atoms with Crippen molar-refractivity contribution in [2.24, 2.45) is 5.73 Å². The second kappa shape index (κ2) is 5.66. The molecular formula is C17H19N3O. The summed E-state index contributed by atoms with van der Waals surface area (Å²) in [7, 11) is 0. The van der Waals surface area contributed by atoms with Crippen molar-refractivity contribution in [2.75, 3.05) is 13.1 Å². The van der Waals surface area contributed by atoms with Gasteiger partial charge in [0.1, 0.15) is 0 Å². The van der Waals surface area contributed by atoms with E-state index >= 15 is 0 Å². The molecule has 1 aromatic heterocycles. The Morgan fingerprint density at radius 2 is 2.14 bits per heavy atom. The molecule has 4 heteroatoms. The first-order valence-corrected chi connectivity index (χ1v) is 7.23. The third-order valence-electron chi connectivity index (χ3n) is 4.13. The minimum atomic E-state index is -0.0537. The summed E-state index contributed by atoms with van der Waals surface area (Å²) in [6.07, 6.45) is 2.58. The van der Waals surface area contributed by atoms with Crippen LogP contribution in [0.3, 0.4) is 0 Å². The average Bonchev–Trinajstić information content (AvgIpc) is 2.53. The van der Waals surface area contributed by atoms with Crippen LogP contribution in [0, 0.1) is 6.92 Å². The highest BCUT2D eigenvalue weighted by atomic mass is 16.2. The van der Waals surface area contributed by atoms with Crippen molar-refractivity contribution in [3.05, 3.63) is 65.0 Å². The number of aryl methyl sites for hydroxylation is 1. The summed E-state index contributed by atoms with van der Waals surface area (Å²) in [6, 6.07) is 11.8. The molecule has 0 bridgehead atoms. The Hall–Kier alpha value is -2.20. The van der Waals surface area contributed by atoms with Crippen LogP contribution >= 0.6 is 0 Å². The Labute approximate surface area is 124 Å². The number of amides is 1. The quantitative estimate of drug-likeness (QED) is 0.917. The van der Waals surface area contributed by atoms with Crippen LogP contribution in [-0.4, -0.2) is 28.9 Å². The van der Waals surface area contributed by atoms with Gasteiger partial charge < -0.3 is 10.6 Å². The van der Waals surface area contributed by atoms with Crippen molar-refractivity contribution >= 4 is 5.91 Å². The van der Waals surface area contributed by atoms with Crippen molar-refractivity contribution in [2.45, 2.75) is 19.4 Å². The van der Waals surface area contributed by atoms with Crippen LogP contribution in [0.4, 0.5) is 0 Å². The molecule has 1 aromatic carbocycles. The molecule has 108 valence electrons. The predicted molar refractivity (Wildman–Crippen MR) is 82.0 cm³/mol. The van der Waals surface area contributed by atoms with Crippen molar-refractivity contribution in [3.8, 4) is 0 Å². The Bertz CT molecular complexity index is 669. The third kappa shape index (κ3) is 2.43. The molecule has 0 saturated heterocycles. The summed E-state index contributed by atoms with van der Waals surface area (Å²) >= 11 is 0. The molecule has 3 rings (SSSR count). The number of carbonyl (C=O) groups is 1. The van der Waals surface area contributed by atoms with E-state index in [2.05, 4.69) is 17.1 Å². The molecule has 2 heterocycles. The number of hydrogen-bond donors (Lipinski definition) is 1. The summed E-state index contributed by atoms with van der Waals surface area (Å²) in [5.41, 5.74) is 9.84. The number of nitrogens with two attached hydrogens (primary N) is 1. The molecule has 0 spiro atoms. The van der Waals surface area contributed by atoms with E-state index in [0.717, 1.165) is 12.1 Å². The number of pyridine rings is 1. The van der Waals surface area contributed by atoms with E-state index in [9.17, 15) is 4.79 Å². The van der Waals surface area contributed by atoms with Gasteiger partial charge in [0.25, 0.3) is 5.91 Å². The van der Waals surface area contributed by atoms with E-state index in [0.29, 0.717) is 18.7 Å². The summed E-state index contributed by atoms with van der Waals surface area (Å²) in [5, 5.41) is 0. The molecule has 0 aliphatic carbocycles. The highest BCUT2D eigenvalue weighted by Crippen LogP contribution is 2.30. The van der Waals surface area contributed by atoms with Crippen LogP contribution in [0.1, 0.15) is 33.2 Å². The zero-order valence-corrected chi connectivity index (χ0v) is 12.1. The first-order valence-electron chi connectivity index (χ1n) is 7.23. The molecule has 0 radical (unpaired) electrons. The maximum Gasteiger partial charge on any atom is 0.256 e. The molecule has 1 aliphatic heterocycles. The smallest absolute Gasteiger partial charge is 0.256 e. The van der Waals surface area contributed by atoms with Gasteiger partial charge in [-0.15, -0.1) is 0 Å². The number of aromatic nitrogens is 1. The second-order valence-corrected chi connectivity index (χ2v) is 5.34. The molecular weight excluding hydrogens is 262 g/mol.